The van der Waals surface area contributed by atoms with E-state index < -0.39 is 99.7 Å². The highest BCUT2D eigenvalue weighted by atomic mass is 32.2. The number of nitrogen functional groups attached to an aromatic ring is 2. The number of benzene rings is 1. The maximum Gasteiger partial charge on any atom is 0.352 e. The number of nitrogens with zero attached hydrogens (tertiary/aromatic N) is 6. The van der Waals surface area contributed by atoms with Gasteiger partial charge in [-0.05, 0) is 106 Å². The van der Waals surface area contributed by atoms with Crippen molar-refractivity contribution in [3.63, 3.8) is 0 Å². The number of aromatic nitrogens is 4. The second kappa shape index (κ2) is 24.8. The minimum atomic E-state index is -2.07. The summed E-state index contributed by atoms with van der Waals surface area (Å²) in [5.41, 5.74) is 8.55. The molecule has 1 unspecified atom stereocenters. The summed E-state index contributed by atoms with van der Waals surface area (Å²) in [5.74, 6) is -6.02. The predicted octanol–water partition coefficient (Wildman–Crippen LogP) is 3.28. The van der Waals surface area contributed by atoms with Gasteiger partial charge in [-0.3, -0.25) is 33.7 Å². The highest BCUT2D eigenvalue weighted by Gasteiger charge is 2.75. The second-order valence-corrected chi connectivity index (χ2v) is 25.0. The molecule has 4 aliphatic carbocycles. The fraction of sp³-hybridized carbons (Fsp3) is 0.559. The number of nitrogens with one attached hydrogen (secondary N) is 4. The number of ketones is 1. The number of carboxylic acid groups (broad SMARTS) is 2. The Hall–Kier alpha value is -7.58. The Morgan fingerprint density at radius 3 is 2.42 bits per heavy atom. The predicted molar refractivity (Wildman–Crippen MR) is 311 cm³/mol. The van der Waals surface area contributed by atoms with Crippen LogP contribution in [0.15, 0.2) is 65.5 Å². The number of thioether (sulfide) groups is 1. The molecule has 0 radical (unpaired) electrons. The average Bonchev–Trinajstić information content (AvgIpc) is 1.64. The smallest absolute Gasteiger partial charge is 0.352 e. The molecule has 3 aromatic rings. The number of hydrogen-bond acceptors (Lipinski definition) is 18. The number of fused-ring (bicyclic) bond motifs is 7. The van der Waals surface area contributed by atoms with E-state index in [-0.39, 0.29) is 91.3 Å². The number of amides is 5. The fourth-order valence-corrected chi connectivity index (χ4v) is 15.1. The number of hydrogen-bond donors (Lipinski definition) is 10. The number of aliphatic hydroxyl groups is 2. The minimum Gasteiger partial charge on any atom is -0.480 e. The summed E-state index contributed by atoms with van der Waals surface area (Å²) < 4.78 is 17.5. The number of unbranched alkanes of at least 4 members (excludes halogenated alkanes) is 3. The fourth-order valence-electron chi connectivity index (χ4n) is 14.1. The van der Waals surface area contributed by atoms with Crippen LogP contribution in [0.2, 0.25) is 0 Å². The van der Waals surface area contributed by atoms with E-state index in [4.69, 9.17) is 11.5 Å². The number of rotatable bonds is 24. The lowest BCUT2D eigenvalue weighted by molar-refractivity contribution is -0.215. The van der Waals surface area contributed by atoms with Crippen molar-refractivity contribution in [1.29, 1.82) is 0 Å². The van der Waals surface area contributed by atoms with E-state index in [1.54, 1.807) is 64.4 Å². The van der Waals surface area contributed by atoms with E-state index in [0.29, 0.717) is 86.0 Å². The maximum absolute atomic E-state index is 17.5. The van der Waals surface area contributed by atoms with Gasteiger partial charge in [0, 0.05) is 78.9 Å². The molecule has 1 saturated heterocycles. The van der Waals surface area contributed by atoms with E-state index in [1.807, 2.05) is 11.0 Å². The van der Waals surface area contributed by atoms with Gasteiger partial charge in [-0.1, -0.05) is 44.4 Å². The molecule has 24 nitrogen and oxygen atoms in total. The normalized spacial score (nSPS) is 28.6. The highest BCUT2D eigenvalue weighted by molar-refractivity contribution is 7.99. The van der Waals surface area contributed by atoms with Gasteiger partial charge >= 0.3 is 11.9 Å². The number of allylic oxidation sites excluding steroid dienone is 4. The molecule has 0 bridgehead atoms. The van der Waals surface area contributed by atoms with E-state index in [9.17, 15) is 58.8 Å². The summed E-state index contributed by atoms with van der Waals surface area (Å²) in [6, 6.07) is 3.73. The summed E-state index contributed by atoms with van der Waals surface area (Å²) in [6.45, 7) is 6.08. The van der Waals surface area contributed by atoms with Crippen LogP contribution in [0.5, 0.6) is 0 Å². The van der Waals surface area contributed by atoms with Gasteiger partial charge in [0.1, 0.15) is 17.8 Å². The first-order chi connectivity index (χ1) is 40.3. The molecule has 11 atom stereocenters. The molecular formula is C59H75FN12O12S. The van der Waals surface area contributed by atoms with E-state index in [1.165, 1.54) is 22.7 Å². The number of β-lactam (4-membered cyclic amide) rings is 1. The van der Waals surface area contributed by atoms with Crippen LogP contribution in [0.4, 0.5) is 21.8 Å². The number of anilines is 3. The first-order valence-electron chi connectivity index (χ1n) is 28.9. The van der Waals surface area contributed by atoms with Crippen molar-refractivity contribution in [3.8, 4) is 0 Å². The minimum absolute atomic E-state index is 0.0143. The first kappa shape index (κ1) is 62.0. The Labute approximate surface area is 494 Å². The number of carbonyl (C=O) groups is 8. The molecule has 6 aliphatic rings. The SMILES string of the molecule is C[C@@H]1C[C@H]2C3CC=C4CC(=O)C=C[C@]4(C)[C@@]3(F)[C@@H](O)C[C@]2(C)[C@@]1(O)C(=O)NCCCCCCC(=O)N[C@@H]1C(=O)N2C(C(=O)O)=C(CSCCNC(=O)CC[C@H](NC(=O)c3ccc(N(C)Cc4cnc5nc(N)nc(N)c5n4)cc3)C(=O)O)CC[C@H]12. The zero-order valence-corrected chi connectivity index (χ0v) is 48.9. The molecule has 12 N–H and O–H groups in total. The summed E-state index contributed by atoms with van der Waals surface area (Å²) in [7, 11) is 1.81. The van der Waals surface area contributed by atoms with Gasteiger partial charge in [0.05, 0.1) is 30.6 Å². The van der Waals surface area contributed by atoms with E-state index >= 15 is 4.39 Å². The Morgan fingerprint density at radius 2 is 1.69 bits per heavy atom. The molecule has 2 saturated carbocycles. The molecule has 456 valence electrons. The molecule has 5 amide bonds. The number of carboxylic acids is 2. The number of aliphatic carboxylic acids is 2. The Morgan fingerprint density at radius 1 is 0.953 bits per heavy atom. The highest BCUT2D eigenvalue weighted by Crippen LogP contribution is 2.70. The topological polar surface area (TPSA) is 376 Å². The first-order valence-corrected chi connectivity index (χ1v) is 30.1. The standard InChI is InChI=1S/C59H75FN12O12S/c1-31-25-39-38-16-13-34-26-37(73)20-21-56(34,2)58(38,60)42(74)27-57(39,3)59(31,84)54(83)64-22-8-6-5-7-9-44(76)68-45-41-18-12-33(47(53(81)82)72(41)51(45)78)30-85-24-23-63-43(75)19-17-40(52(79)80)67-50(77)32-10-14-36(15-11-32)71(4)29-35-28-65-49-46(66-35)48(61)69-55(62)70-49/h10-11,13-15,20-21,28,31,38-42,45,74,84H,5-9,12,16-19,22-27,29-30H2,1-4H3,(H,63,75)(H,64,83)(H,67,77)(H,68,76)(H,79,80)(H,81,82)(H4,61,62,65,69,70)/t31-,38?,39+,40+,41-,42+,45+,56+,57+,58+,59+/m1/s1. The third-order valence-corrected chi connectivity index (χ3v) is 19.8. The monoisotopic (exact) mass is 1190 g/mol. The van der Waals surface area contributed by atoms with Crippen LogP contribution < -0.4 is 37.6 Å². The van der Waals surface area contributed by atoms with Crippen molar-refractivity contribution < 1.29 is 63.2 Å². The molecule has 9 rings (SSSR count). The van der Waals surface area contributed by atoms with Crippen LogP contribution in [0.1, 0.15) is 120 Å². The van der Waals surface area contributed by atoms with Crippen LogP contribution in [0.25, 0.3) is 11.2 Å². The molecule has 3 fully saturated rings. The average molecular weight is 1200 g/mol. The van der Waals surface area contributed by atoms with Gasteiger partial charge in [-0.2, -0.15) is 21.7 Å². The van der Waals surface area contributed by atoms with Crippen LogP contribution in [-0.4, -0.2) is 160 Å². The molecule has 85 heavy (non-hydrogen) atoms. The molecular weight excluding hydrogens is 1120 g/mol. The zero-order valence-electron chi connectivity index (χ0n) is 48.1. The van der Waals surface area contributed by atoms with Crippen molar-refractivity contribution in [1.82, 2.24) is 46.1 Å². The number of halogens is 1. The van der Waals surface area contributed by atoms with E-state index in [2.05, 4.69) is 41.2 Å². The van der Waals surface area contributed by atoms with Gasteiger partial charge in [0.2, 0.25) is 17.8 Å². The van der Waals surface area contributed by atoms with Crippen LogP contribution in [0, 0.1) is 28.6 Å². The third kappa shape index (κ3) is 11.8. The van der Waals surface area contributed by atoms with Gasteiger partial charge in [-0.25, -0.2) is 23.9 Å². The van der Waals surface area contributed by atoms with Crippen molar-refractivity contribution in [2.75, 3.05) is 48.0 Å². The van der Waals surface area contributed by atoms with Gasteiger partial charge in [-0.15, -0.1) is 0 Å². The summed E-state index contributed by atoms with van der Waals surface area (Å²) in [5, 5.41) is 54.8. The van der Waals surface area contributed by atoms with Crippen molar-refractivity contribution in [2.24, 2.45) is 28.6 Å². The Bertz CT molecular complexity index is 3280. The summed E-state index contributed by atoms with van der Waals surface area (Å²) in [6.07, 6.45) is 8.55. The van der Waals surface area contributed by atoms with Crippen molar-refractivity contribution >= 4 is 87.6 Å². The molecule has 26 heteroatoms. The number of nitrogens with two attached hydrogens (primary N) is 2. The number of carbonyl (C=O) groups excluding carboxylic acids is 6. The lowest BCUT2D eigenvalue weighted by Crippen LogP contribution is -2.71. The van der Waals surface area contributed by atoms with E-state index in [0.717, 1.165) is 5.69 Å². The molecule has 0 spiro atoms. The summed E-state index contributed by atoms with van der Waals surface area (Å²) in [4.78, 5) is 123. The lowest BCUT2D eigenvalue weighted by atomic mass is 9.45. The molecule has 1 aromatic carbocycles. The molecule has 2 aromatic heterocycles. The molecule has 2 aliphatic heterocycles. The van der Waals surface area contributed by atoms with Crippen molar-refractivity contribution in [2.45, 2.75) is 146 Å². The molecule has 4 heterocycles. The van der Waals surface area contributed by atoms with Gasteiger partial charge < -0.3 is 58.1 Å². The maximum atomic E-state index is 17.5. The summed E-state index contributed by atoms with van der Waals surface area (Å²) >= 11 is 1.36. The van der Waals surface area contributed by atoms with Crippen molar-refractivity contribution in [3.05, 3.63) is 76.8 Å². The van der Waals surface area contributed by atoms with Crippen LogP contribution in [-0.2, 0) is 40.1 Å². The van der Waals surface area contributed by atoms with Crippen LogP contribution >= 0.6 is 11.8 Å². The second-order valence-electron chi connectivity index (χ2n) is 23.9. The quantitative estimate of drug-likeness (QED) is 0.0349. The third-order valence-electron chi connectivity index (χ3n) is 18.8. The Balaban J connectivity index is 0.649. The largest absolute Gasteiger partial charge is 0.480 e. The van der Waals surface area contributed by atoms with Gasteiger partial charge in [0.15, 0.2) is 34.0 Å². The zero-order chi connectivity index (χ0) is 61.3. The Kier molecular flexibility index (Phi) is 18.1. The number of alkyl halides is 1. The van der Waals surface area contributed by atoms with Gasteiger partial charge in [0.25, 0.3) is 17.7 Å². The lowest BCUT2D eigenvalue weighted by Gasteiger charge is -2.61. The number of aliphatic hydroxyl groups excluding tert-OH is 1. The van der Waals surface area contributed by atoms with Crippen LogP contribution in [0.3, 0.4) is 0 Å².